The van der Waals surface area contributed by atoms with E-state index in [1.807, 2.05) is 0 Å². The molecule has 1 aliphatic rings. The van der Waals surface area contributed by atoms with Gasteiger partial charge in [0.05, 0.1) is 3.39 Å². The van der Waals surface area contributed by atoms with Crippen molar-refractivity contribution in [1.82, 2.24) is 0 Å². The Morgan fingerprint density at radius 2 is 2.29 bits per heavy atom. The van der Waals surface area contributed by atoms with Gasteiger partial charge in [0, 0.05) is 12.2 Å². The Kier molecular flexibility index (Phi) is 3.29. The van der Waals surface area contributed by atoms with Crippen LogP contribution < -0.4 is 5.32 Å². The fourth-order valence-corrected chi connectivity index (χ4v) is 2.00. The van der Waals surface area contributed by atoms with Crippen LogP contribution in [0.4, 0.5) is 5.69 Å². The summed E-state index contributed by atoms with van der Waals surface area (Å²) in [6.45, 7) is 1.08. The molecule has 1 heterocycles. The highest BCUT2D eigenvalue weighted by atomic mass is 79.9. The summed E-state index contributed by atoms with van der Waals surface area (Å²) in [5, 5.41) is 3.36. The lowest BCUT2D eigenvalue weighted by molar-refractivity contribution is 1.10. The highest BCUT2D eigenvalue weighted by molar-refractivity contribution is 9.28. The van der Waals surface area contributed by atoms with Crippen LogP contribution in [0.5, 0.6) is 0 Å². The van der Waals surface area contributed by atoms with Gasteiger partial charge in [-0.25, -0.2) is 0 Å². The minimum atomic E-state index is 0.971. The smallest absolute Gasteiger partial charge is 0.0567 e. The third kappa shape index (κ3) is 2.39. The molecule has 1 aromatic carbocycles. The van der Waals surface area contributed by atoms with E-state index in [4.69, 9.17) is 0 Å². The minimum Gasteiger partial charge on any atom is -0.384 e. The summed E-state index contributed by atoms with van der Waals surface area (Å²) >= 11 is 6.72. The van der Waals surface area contributed by atoms with Crippen LogP contribution in [0.15, 0.2) is 27.7 Å². The number of nitrogens with one attached hydrogen (secondary N) is 1. The van der Waals surface area contributed by atoms with Crippen LogP contribution in [0.2, 0.25) is 0 Å². The summed E-state index contributed by atoms with van der Waals surface area (Å²) in [6, 6.07) is 6.64. The Labute approximate surface area is 101 Å². The molecule has 0 atom stereocenters. The Bertz CT molecular complexity index is 368. The van der Waals surface area contributed by atoms with E-state index in [0.29, 0.717) is 0 Å². The first kappa shape index (κ1) is 10.2. The second kappa shape index (κ2) is 4.49. The first-order valence-corrected chi connectivity index (χ1v) is 6.21. The number of hydrogen-bond acceptors (Lipinski definition) is 1. The van der Waals surface area contributed by atoms with Crippen LogP contribution in [0.3, 0.4) is 0 Å². The predicted molar refractivity (Wildman–Crippen MR) is 68.3 cm³/mol. The average molecular weight is 317 g/mol. The summed E-state index contributed by atoms with van der Waals surface area (Å²) in [4.78, 5) is 0. The largest absolute Gasteiger partial charge is 0.384 e. The van der Waals surface area contributed by atoms with Gasteiger partial charge in [-0.2, -0.15) is 0 Å². The molecule has 1 aliphatic heterocycles. The van der Waals surface area contributed by atoms with Crippen molar-refractivity contribution in [2.24, 2.45) is 0 Å². The van der Waals surface area contributed by atoms with Gasteiger partial charge in [0.2, 0.25) is 0 Å². The zero-order valence-corrected chi connectivity index (χ0v) is 10.9. The average Bonchev–Trinajstić information content (AvgIpc) is 2.61. The van der Waals surface area contributed by atoms with Crippen molar-refractivity contribution in [3.05, 3.63) is 38.8 Å². The molecule has 0 radical (unpaired) electrons. The number of fused-ring (bicyclic) bond motifs is 1. The van der Waals surface area contributed by atoms with Crippen LogP contribution in [-0.2, 0) is 12.8 Å². The van der Waals surface area contributed by atoms with Crippen molar-refractivity contribution in [3.8, 4) is 0 Å². The van der Waals surface area contributed by atoms with Gasteiger partial charge >= 0.3 is 0 Å². The molecule has 3 heteroatoms. The lowest BCUT2D eigenvalue weighted by Gasteiger charge is -2.02. The summed E-state index contributed by atoms with van der Waals surface area (Å²) in [5.74, 6) is 0. The third-order valence-corrected chi connectivity index (χ3v) is 3.02. The summed E-state index contributed by atoms with van der Waals surface area (Å²) in [7, 11) is 0. The first-order valence-electron chi connectivity index (χ1n) is 4.62. The topological polar surface area (TPSA) is 12.0 Å². The standard InChI is InChI=1S/C11H11Br2N/c12-11(13)4-2-8-1-3-10-9(7-8)5-6-14-10/h1,3-4,7,14H,2,5-6H2. The molecule has 0 saturated heterocycles. The normalized spacial score (nSPS) is 13.3. The zero-order valence-electron chi connectivity index (χ0n) is 7.69. The number of halogens is 2. The molecule has 0 saturated carbocycles. The number of hydrogen-bond donors (Lipinski definition) is 1. The highest BCUT2D eigenvalue weighted by Crippen LogP contribution is 2.24. The lowest BCUT2D eigenvalue weighted by Crippen LogP contribution is -1.90. The maximum Gasteiger partial charge on any atom is 0.0567 e. The van der Waals surface area contributed by atoms with Gasteiger partial charge in [0.25, 0.3) is 0 Å². The fourth-order valence-electron chi connectivity index (χ4n) is 1.68. The fraction of sp³-hybridized carbons (Fsp3) is 0.273. The Hall–Kier alpha value is -0.280. The number of anilines is 1. The van der Waals surface area contributed by atoms with Gasteiger partial charge in [0.15, 0.2) is 0 Å². The maximum atomic E-state index is 3.36. The Morgan fingerprint density at radius 3 is 3.07 bits per heavy atom. The van der Waals surface area contributed by atoms with E-state index in [-0.39, 0.29) is 0 Å². The molecule has 0 bridgehead atoms. The molecule has 14 heavy (non-hydrogen) atoms. The van der Waals surface area contributed by atoms with Crippen molar-refractivity contribution in [3.63, 3.8) is 0 Å². The van der Waals surface area contributed by atoms with E-state index >= 15 is 0 Å². The second-order valence-corrected chi connectivity index (χ2v) is 6.14. The summed E-state index contributed by atoms with van der Waals surface area (Å²) in [6.07, 6.45) is 4.24. The number of allylic oxidation sites excluding steroid dienone is 1. The van der Waals surface area contributed by atoms with Gasteiger partial charge < -0.3 is 5.32 Å². The van der Waals surface area contributed by atoms with Gasteiger partial charge in [-0.1, -0.05) is 18.2 Å². The van der Waals surface area contributed by atoms with E-state index in [1.165, 1.54) is 16.8 Å². The molecule has 0 aromatic heterocycles. The SMILES string of the molecule is BrC(Br)=CCc1ccc2c(c1)CCN2. The molecule has 0 amide bonds. The van der Waals surface area contributed by atoms with Crippen molar-refractivity contribution in [1.29, 1.82) is 0 Å². The molecular formula is C11H11Br2N. The van der Waals surface area contributed by atoms with E-state index in [9.17, 15) is 0 Å². The Balaban J connectivity index is 2.17. The summed E-state index contributed by atoms with van der Waals surface area (Å²) in [5.41, 5.74) is 4.11. The zero-order chi connectivity index (χ0) is 9.97. The van der Waals surface area contributed by atoms with E-state index in [1.54, 1.807) is 0 Å². The quantitative estimate of drug-likeness (QED) is 0.874. The highest BCUT2D eigenvalue weighted by Gasteiger charge is 2.08. The van der Waals surface area contributed by atoms with E-state index in [0.717, 1.165) is 22.8 Å². The molecule has 1 nitrogen and oxygen atoms in total. The molecule has 0 fully saturated rings. The predicted octanol–water partition coefficient (Wildman–Crippen LogP) is 3.83. The van der Waals surface area contributed by atoms with Crippen molar-refractivity contribution < 1.29 is 0 Å². The van der Waals surface area contributed by atoms with Crippen LogP contribution in [0.25, 0.3) is 0 Å². The number of benzene rings is 1. The molecule has 1 aromatic rings. The molecule has 0 aliphatic carbocycles. The van der Waals surface area contributed by atoms with Crippen LogP contribution in [0, 0.1) is 0 Å². The third-order valence-electron chi connectivity index (χ3n) is 2.37. The van der Waals surface area contributed by atoms with Gasteiger partial charge in [-0.3, -0.25) is 0 Å². The van der Waals surface area contributed by atoms with Crippen molar-refractivity contribution in [2.45, 2.75) is 12.8 Å². The van der Waals surface area contributed by atoms with Gasteiger partial charge in [0.1, 0.15) is 0 Å². The number of rotatable bonds is 2. The van der Waals surface area contributed by atoms with Crippen LogP contribution in [-0.4, -0.2) is 6.54 Å². The van der Waals surface area contributed by atoms with Crippen molar-refractivity contribution >= 4 is 37.5 Å². The monoisotopic (exact) mass is 315 g/mol. The first-order chi connectivity index (χ1) is 6.75. The van der Waals surface area contributed by atoms with Gasteiger partial charge in [-0.15, -0.1) is 0 Å². The van der Waals surface area contributed by atoms with E-state index in [2.05, 4.69) is 61.5 Å². The van der Waals surface area contributed by atoms with Crippen LogP contribution in [0.1, 0.15) is 11.1 Å². The molecule has 74 valence electrons. The Morgan fingerprint density at radius 1 is 1.43 bits per heavy atom. The molecule has 1 N–H and O–H groups in total. The second-order valence-electron chi connectivity index (χ2n) is 3.37. The lowest BCUT2D eigenvalue weighted by atomic mass is 10.1. The molecule has 0 spiro atoms. The molecule has 0 unspecified atom stereocenters. The minimum absolute atomic E-state index is 0.971. The van der Waals surface area contributed by atoms with E-state index < -0.39 is 0 Å². The van der Waals surface area contributed by atoms with Crippen molar-refractivity contribution in [2.75, 3.05) is 11.9 Å². The summed E-state index contributed by atoms with van der Waals surface area (Å²) < 4.78 is 1.02. The molecular weight excluding hydrogens is 306 g/mol. The maximum absolute atomic E-state index is 3.36. The van der Waals surface area contributed by atoms with Crippen LogP contribution >= 0.6 is 31.9 Å². The molecule has 2 rings (SSSR count). The van der Waals surface area contributed by atoms with Gasteiger partial charge in [-0.05, 0) is 61.9 Å².